The third-order valence-corrected chi connectivity index (χ3v) is 6.64. The van der Waals surface area contributed by atoms with Gasteiger partial charge >= 0.3 is 26.6 Å². The molecule has 0 saturated carbocycles. The SMILES string of the molecule is Cc1ccn(C[C@H]2COP(=O)(O)CO2)c(=O)n1.Nc1ccn(C[C@H]2COP(=O)(O)CO2)c(=O)n1. The summed E-state index contributed by atoms with van der Waals surface area (Å²) in [5.41, 5.74) is 5.13. The average molecular weight is 521 g/mol. The maximum atomic E-state index is 11.5. The van der Waals surface area contributed by atoms with Crippen LogP contribution < -0.4 is 17.1 Å². The first-order valence-electron chi connectivity index (χ1n) is 9.95. The van der Waals surface area contributed by atoms with Gasteiger partial charge in [-0.25, -0.2) is 9.59 Å². The van der Waals surface area contributed by atoms with E-state index in [1.165, 1.54) is 21.4 Å². The predicted molar refractivity (Wildman–Crippen MR) is 117 cm³/mol. The highest BCUT2D eigenvalue weighted by Crippen LogP contribution is 2.45. The van der Waals surface area contributed by atoms with E-state index < -0.39 is 33.1 Å². The Morgan fingerprint density at radius 1 is 0.941 bits per heavy atom. The molecule has 4 atom stereocenters. The van der Waals surface area contributed by atoms with Crippen LogP contribution >= 0.6 is 15.2 Å². The van der Waals surface area contributed by atoms with Crippen molar-refractivity contribution >= 4 is 21.0 Å². The number of aromatic nitrogens is 4. The molecule has 34 heavy (non-hydrogen) atoms. The van der Waals surface area contributed by atoms with E-state index in [2.05, 4.69) is 9.97 Å². The van der Waals surface area contributed by atoms with Gasteiger partial charge in [0.25, 0.3) is 0 Å². The molecule has 4 heterocycles. The van der Waals surface area contributed by atoms with E-state index >= 15 is 0 Å². The monoisotopic (exact) mass is 521 g/mol. The lowest BCUT2D eigenvalue weighted by atomic mass is 10.3. The van der Waals surface area contributed by atoms with Crippen LogP contribution in [0.5, 0.6) is 0 Å². The van der Waals surface area contributed by atoms with E-state index in [0.717, 1.165) is 0 Å². The standard InChI is InChI=1S/C9H13N2O5P.C8H12N3O5P/c1-7-2-3-11(9(12)10-7)4-8-5-16-17(13,14)6-15-8;9-7-1-2-11(8(12)10-7)3-6-4-16-17(13,14)5-15-6/h2-3,8H,4-6H2,1H3,(H,13,14);1-2,6H,3-5H2,(H,13,14)(H2,9,10,12)/t8-;6-/m00/s1. The normalized spacial score (nSPS) is 29.1. The molecule has 0 amide bonds. The predicted octanol–water partition coefficient (Wildman–Crippen LogP) is -0.506. The van der Waals surface area contributed by atoms with Crippen molar-refractivity contribution in [1.29, 1.82) is 0 Å². The summed E-state index contributed by atoms with van der Waals surface area (Å²) in [4.78, 5) is 48.4. The highest BCUT2D eigenvalue weighted by molar-refractivity contribution is 7.52. The molecule has 4 rings (SSSR count). The molecule has 2 saturated heterocycles. The summed E-state index contributed by atoms with van der Waals surface area (Å²) in [5, 5.41) is 0. The van der Waals surface area contributed by atoms with E-state index in [-0.39, 0.29) is 50.5 Å². The van der Waals surface area contributed by atoms with Gasteiger partial charge in [0, 0.05) is 18.1 Å². The maximum Gasteiger partial charge on any atom is 0.353 e. The van der Waals surface area contributed by atoms with Crippen LogP contribution in [0.15, 0.2) is 34.1 Å². The van der Waals surface area contributed by atoms with Gasteiger partial charge in [-0.05, 0) is 19.1 Å². The molecular weight excluding hydrogens is 496 g/mol. The van der Waals surface area contributed by atoms with Gasteiger partial charge in [-0.1, -0.05) is 0 Å². The van der Waals surface area contributed by atoms with Gasteiger partial charge in [-0.3, -0.25) is 18.3 Å². The van der Waals surface area contributed by atoms with Gasteiger partial charge < -0.3 is 34.0 Å². The minimum absolute atomic E-state index is 0.00586. The van der Waals surface area contributed by atoms with Crippen LogP contribution in [0.4, 0.5) is 5.82 Å². The summed E-state index contributed by atoms with van der Waals surface area (Å²) in [6.45, 7) is 2.14. The number of hydrogen-bond donors (Lipinski definition) is 3. The highest BCUT2D eigenvalue weighted by Gasteiger charge is 2.30. The molecule has 2 aromatic rings. The lowest BCUT2D eigenvalue weighted by molar-refractivity contribution is -0.00863. The van der Waals surface area contributed by atoms with Crippen LogP contribution in [-0.2, 0) is 40.7 Å². The Morgan fingerprint density at radius 2 is 1.41 bits per heavy atom. The average Bonchev–Trinajstić information content (AvgIpc) is 2.75. The van der Waals surface area contributed by atoms with Crippen molar-refractivity contribution in [2.45, 2.75) is 32.2 Å². The van der Waals surface area contributed by atoms with Crippen molar-refractivity contribution in [1.82, 2.24) is 19.1 Å². The van der Waals surface area contributed by atoms with E-state index in [9.17, 15) is 18.7 Å². The second-order valence-corrected chi connectivity index (χ2v) is 11.1. The van der Waals surface area contributed by atoms with E-state index in [4.69, 9.17) is 34.0 Å². The number of nitrogens with two attached hydrogens (primary N) is 1. The van der Waals surface area contributed by atoms with E-state index in [0.29, 0.717) is 5.69 Å². The van der Waals surface area contributed by atoms with E-state index in [1.54, 1.807) is 19.2 Å². The summed E-state index contributed by atoms with van der Waals surface area (Å²) in [7, 11) is -7.17. The Kier molecular flexibility index (Phi) is 8.55. The minimum Gasteiger partial charge on any atom is -0.383 e. The van der Waals surface area contributed by atoms with Crippen LogP contribution in [-0.4, -0.2) is 67.0 Å². The Morgan fingerprint density at radius 3 is 1.82 bits per heavy atom. The molecule has 0 bridgehead atoms. The molecule has 0 aliphatic carbocycles. The van der Waals surface area contributed by atoms with E-state index in [1.807, 2.05) is 0 Å². The summed E-state index contributed by atoms with van der Waals surface area (Å²) < 4.78 is 44.6. The molecule has 0 aromatic carbocycles. The fraction of sp³-hybridized carbons (Fsp3) is 0.529. The number of aryl methyl sites for hydroxylation is 1. The van der Waals surface area contributed by atoms with Crippen molar-refractivity contribution in [3.63, 3.8) is 0 Å². The first-order valence-corrected chi connectivity index (χ1v) is 13.5. The summed E-state index contributed by atoms with van der Waals surface area (Å²) in [6, 6.07) is 3.20. The van der Waals surface area contributed by atoms with Crippen molar-refractivity contribution in [3.8, 4) is 0 Å². The third-order valence-electron chi connectivity index (χ3n) is 4.58. The lowest BCUT2D eigenvalue weighted by Crippen LogP contribution is -2.34. The van der Waals surface area contributed by atoms with Gasteiger partial charge in [0.2, 0.25) is 0 Å². The van der Waals surface area contributed by atoms with Crippen LogP contribution in [0, 0.1) is 6.92 Å². The number of nitrogen functional groups attached to an aromatic ring is 1. The quantitative estimate of drug-likeness (QED) is 0.434. The molecule has 4 N–H and O–H groups in total. The van der Waals surface area contributed by atoms with Crippen molar-refractivity contribution < 1.29 is 37.4 Å². The first kappa shape index (κ1) is 26.4. The second kappa shape index (κ2) is 11.0. The van der Waals surface area contributed by atoms with Crippen molar-refractivity contribution in [2.75, 3.05) is 31.6 Å². The summed E-state index contributed by atoms with van der Waals surface area (Å²) in [6.07, 6.45) is 1.53. The van der Waals surface area contributed by atoms with Crippen LogP contribution in [0.2, 0.25) is 0 Å². The third kappa shape index (κ3) is 7.93. The van der Waals surface area contributed by atoms with Gasteiger partial charge in [-0.2, -0.15) is 9.97 Å². The van der Waals surface area contributed by atoms with Gasteiger partial charge in [0.1, 0.15) is 30.7 Å². The number of rotatable bonds is 4. The van der Waals surface area contributed by atoms with Gasteiger partial charge in [0.15, 0.2) is 0 Å². The maximum absolute atomic E-state index is 11.5. The molecular formula is C17H25N5O10P2. The molecule has 2 aromatic heterocycles. The minimum atomic E-state index is -3.59. The Hall–Kier alpha value is -2.22. The number of hydrogen-bond acceptors (Lipinski definition) is 11. The second-order valence-electron chi connectivity index (χ2n) is 7.49. The van der Waals surface area contributed by atoms with Crippen LogP contribution in [0.25, 0.3) is 0 Å². The van der Waals surface area contributed by atoms with Crippen LogP contribution in [0.3, 0.4) is 0 Å². The zero-order valence-corrected chi connectivity index (χ0v) is 19.9. The molecule has 188 valence electrons. The molecule has 2 fully saturated rings. The van der Waals surface area contributed by atoms with Crippen LogP contribution in [0.1, 0.15) is 5.69 Å². The first-order chi connectivity index (χ1) is 15.9. The van der Waals surface area contributed by atoms with Crippen molar-refractivity contribution in [2.24, 2.45) is 0 Å². The van der Waals surface area contributed by atoms with Gasteiger partial charge in [0.05, 0.1) is 26.3 Å². The Balaban J connectivity index is 0.000000191. The summed E-state index contributed by atoms with van der Waals surface area (Å²) in [5.74, 6) is 0.145. The smallest absolute Gasteiger partial charge is 0.353 e. The number of nitrogens with zero attached hydrogens (tertiary/aromatic N) is 4. The Bertz CT molecular complexity index is 1100. The topological polar surface area (TPSA) is 207 Å². The number of ether oxygens (including phenoxy) is 2. The zero-order chi connectivity index (χ0) is 24.9. The molecule has 15 nitrogen and oxygen atoms in total. The largest absolute Gasteiger partial charge is 0.383 e. The molecule has 0 spiro atoms. The fourth-order valence-corrected chi connectivity index (χ4v) is 4.60. The number of anilines is 1. The molecule has 2 aliphatic heterocycles. The zero-order valence-electron chi connectivity index (χ0n) is 18.1. The molecule has 2 aliphatic rings. The lowest BCUT2D eigenvalue weighted by Gasteiger charge is -2.26. The molecule has 2 unspecified atom stereocenters. The fourth-order valence-electron chi connectivity index (χ4n) is 2.85. The molecule has 0 radical (unpaired) electrons. The highest BCUT2D eigenvalue weighted by atomic mass is 31.2. The summed E-state index contributed by atoms with van der Waals surface area (Å²) >= 11 is 0. The van der Waals surface area contributed by atoms with Gasteiger partial charge in [-0.15, -0.1) is 0 Å². The Labute approximate surface area is 193 Å². The molecule has 17 heteroatoms. The van der Waals surface area contributed by atoms with Crippen molar-refractivity contribution in [3.05, 3.63) is 51.2 Å².